The predicted octanol–water partition coefficient (Wildman–Crippen LogP) is 4.65. The molecule has 0 aromatic heterocycles. The Labute approximate surface area is 157 Å². The molecule has 25 heavy (non-hydrogen) atoms. The molecule has 2 aromatic rings. The van der Waals surface area contributed by atoms with Crippen molar-refractivity contribution in [3.05, 3.63) is 83.3 Å². The summed E-state index contributed by atoms with van der Waals surface area (Å²) in [6.45, 7) is 4.57. The van der Waals surface area contributed by atoms with Crippen LogP contribution in [0.25, 0.3) is 6.08 Å². The topological polar surface area (TPSA) is 29.5 Å². The molecule has 1 heterocycles. The number of hydrogen-bond acceptors (Lipinski definition) is 4. The molecule has 0 bridgehead atoms. The molecule has 1 amide bonds. The number of para-hydroxylation sites is 1. The van der Waals surface area contributed by atoms with Crippen LogP contribution >= 0.6 is 24.0 Å². The molecule has 0 spiro atoms. The molecule has 1 fully saturated rings. The Kier molecular flexibility index (Phi) is 5.68. The Morgan fingerprint density at radius 2 is 1.84 bits per heavy atom. The Morgan fingerprint density at radius 3 is 2.60 bits per heavy atom. The van der Waals surface area contributed by atoms with Gasteiger partial charge in [0.1, 0.15) is 16.7 Å². The number of carbonyl (C=O) groups excluding carboxylic acids is 1. The third-order valence-electron chi connectivity index (χ3n) is 3.63. The third kappa shape index (κ3) is 4.18. The monoisotopic (exact) mass is 367 g/mol. The van der Waals surface area contributed by atoms with Crippen molar-refractivity contribution in [1.82, 2.24) is 4.90 Å². The molecule has 2 aromatic carbocycles. The molecule has 3 nitrogen and oxygen atoms in total. The minimum Gasteiger partial charge on any atom is -0.488 e. The zero-order chi connectivity index (χ0) is 17.6. The number of nitrogens with zero attached hydrogens (tertiary/aromatic N) is 1. The van der Waals surface area contributed by atoms with Crippen LogP contribution in [-0.4, -0.2) is 21.7 Å². The number of thiocarbonyl (C=S) groups is 1. The Balaban J connectivity index is 1.80. The van der Waals surface area contributed by atoms with Gasteiger partial charge in [-0.2, -0.15) is 0 Å². The SMILES string of the molecule is C=CCN1C(=O)C(=Cc2ccccc2OCc2ccccc2)SC1=S. The summed E-state index contributed by atoms with van der Waals surface area (Å²) in [7, 11) is 0. The molecule has 1 aliphatic heterocycles. The van der Waals surface area contributed by atoms with Crippen LogP contribution in [0.4, 0.5) is 0 Å². The van der Waals surface area contributed by atoms with Crippen LogP contribution in [0.3, 0.4) is 0 Å². The second-order valence-corrected chi connectivity index (χ2v) is 7.07. The number of carbonyl (C=O) groups is 1. The zero-order valence-corrected chi connectivity index (χ0v) is 15.2. The lowest BCUT2D eigenvalue weighted by atomic mass is 10.1. The van der Waals surface area contributed by atoms with Gasteiger partial charge in [-0.15, -0.1) is 6.58 Å². The highest BCUT2D eigenvalue weighted by molar-refractivity contribution is 8.26. The molecule has 5 heteroatoms. The van der Waals surface area contributed by atoms with E-state index in [1.165, 1.54) is 11.8 Å². The van der Waals surface area contributed by atoms with Crippen molar-refractivity contribution in [3.63, 3.8) is 0 Å². The average Bonchev–Trinajstić information content (AvgIpc) is 2.90. The van der Waals surface area contributed by atoms with Crippen LogP contribution in [0.2, 0.25) is 0 Å². The first-order valence-electron chi connectivity index (χ1n) is 7.81. The second-order valence-electron chi connectivity index (χ2n) is 5.39. The van der Waals surface area contributed by atoms with Gasteiger partial charge < -0.3 is 4.74 Å². The van der Waals surface area contributed by atoms with E-state index in [2.05, 4.69) is 6.58 Å². The number of amides is 1. The number of benzene rings is 2. The maximum atomic E-state index is 12.5. The molecule has 0 atom stereocenters. The van der Waals surface area contributed by atoms with Crippen molar-refractivity contribution in [3.8, 4) is 5.75 Å². The molecule has 0 N–H and O–H groups in total. The normalized spacial score (nSPS) is 15.7. The fraction of sp³-hybridized carbons (Fsp3) is 0.100. The smallest absolute Gasteiger partial charge is 0.266 e. The zero-order valence-electron chi connectivity index (χ0n) is 13.6. The van der Waals surface area contributed by atoms with E-state index in [4.69, 9.17) is 17.0 Å². The van der Waals surface area contributed by atoms with E-state index in [1.54, 1.807) is 11.0 Å². The van der Waals surface area contributed by atoms with Gasteiger partial charge in [0.2, 0.25) is 0 Å². The average molecular weight is 367 g/mol. The molecule has 126 valence electrons. The summed E-state index contributed by atoms with van der Waals surface area (Å²) < 4.78 is 6.50. The van der Waals surface area contributed by atoms with Gasteiger partial charge in [-0.3, -0.25) is 9.69 Å². The summed E-state index contributed by atoms with van der Waals surface area (Å²) in [6.07, 6.45) is 3.51. The minimum absolute atomic E-state index is 0.0900. The highest BCUT2D eigenvalue weighted by atomic mass is 32.2. The fourth-order valence-electron chi connectivity index (χ4n) is 2.39. The lowest BCUT2D eigenvalue weighted by molar-refractivity contribution is -0.121. The van der Waals surface area contributed by atoms with E-state index in [9.17, 15) is 4.79 Å². The first kappa shape index (κ1) is 17.5. The van der Waals surface area contributed by atoms with Gasteiger partial charge in [-0.05, 0) is 17.7 Å². The van der Waals surface area contributed by atoms with Gasteiger partial charge in [0, 0.05) is 12.1 Å². The lowest BCUT2D eigenvalue weighted by Crippen LogP contribution is -2.27. The van der Waals surface area contributed by atoms with Crippen molar-refractivity contribution >= 4 is 40.3 Å². The largest absolute Gasteiger partial charge is 0.488 e. The third-order valence-corrected chi connectivity index (χ3v) is 5.01. The summed E-state index contributed by atoms with van der Waals surface area (Å²) in [5.41, 5.74) is 1.95. The lowest BCUT2D eigenvalue weighted by Gasteiger charge is -2.11. The maximum absolute atomic E-state index is 12.5. The van der Waals surface area contributed by atoms with E-state index < -0.39 is 0 Å². The summed E-state index contributed by atoms with van der Waals surface area (Å²) >= 11 is 6.58. The molecule has 0 unspecified atom stereocenters. The van der Waals surface area contributed by atoms with Crippen LogP contribution in [0.5, 0.6) is 5.75 Å². The van der Waals surface area contributed by atoms with E-state index in [0.717, 1.165) is 16.9 Å². The molecule has 0 aliphatic carbocycles. The molecular formula is C20H17NO2S2. The van der Waals surface area contributed by atoms with Crippen molar-refractivity contribution in [2.75, 3.05) is 6.54 Å². The first-order chi connectivity index (χ1) is 12.2. The van der Waals surface area contributed by atoms with E-state index >= 15 is 0 Å². The Morgan fingerprint density at radius 1 is 1.12 bits per heavy atom. The standard InChI is InChI=1S/C20H17NO2S2/c1-2-12-21-19(22)18(25-20(21)24)13-16-10-6-7-11-17(16)23-14-15-8-4-3-5-9-15/h2-11,13H,1,12,14H2. The van der Waals surface area contributed by atoms with E-state index in [-0.39, 0.29) is 5.91 Å². The highest BCUT2D eigenvalue weighted by Gasteiger charge is 2.31. The van der Waals surface area contributed by atoms with Gasteiger partial charge in [0.05, 0.1) is 4.91 Å². The van der Waals surface area contributed by atoms with Gasteiger partial charge >= 0.3 is 0 Å². The number of thioether (sulfide) groups is 1. The second kappa shape index (κ2) is 8.14. The molecular weight excluding hydrogens is 350 g/mol. The highest BCUT2D eigenvalue weighted by Crippen LogP contribution is 2.34. The van der Waals surface area contributed by atoms with E-state index in [0.29, 0.717) is 22.4 Å². The van der Waals surface area contributed by atoms with Crippen LogP contribution in [-0.2, 0) is 11.4 Å². The number of rotatable bonds is 6. The van der Waals surface area contributed by atoms with Crippen LogP contribution in [0, 0.1) is 0 Å². The maximum Gasteiger partial charge on any atom is 0.266 e. The summed E-state index contributed by atoms with van der Waals surface area (Å²) in [6, 6.07) is 17.6. The van der Waals surface area contributed by atoms with Crippen molar-refractivity contribution in [1.29, 1.82) is 0 Å². The molecule has 1 aliphatic rings. The van der Waals surface area contributed by atoms with Gasteiger partial charge in [0.25, 0.3) is 5.91 Å². The van der Waals surface area contributed by atoms with Crippen LogP contribution in [0.15, 0.2) is 72.2 Å². The fourth-order valence-corrected chi connectivity index (χ4v) is 3.66. The number of hydrogen-bond donors (Lipinski definition) is 0. The van der Waals surface area contributed by atoms with Gasteiger partial charge in [-0.1, -0.05) is 78.6 Å². The van der Waals surface area contributed by atoms with Gasteiger partial charge in [-0.25, -0.2) is 0 Å². The molecule has 0 radical (unpaired) electrons. The molecule has 0 saturated carbocycles. The van der Waals surface area contributed by atoms with Crippen molar-refractivity contribution in [2.24, 2.45) is 0 Å². The van der Waals surface area contributed by atoms with Crippen LogP contribution in [0.1, 0.15) is 11.1 Å². The predicted molar refractivity (Wildman–Crippen MR) is 107 cm³/mol. The molecule has 3 rings (SSSR count). The Hall–Kier alpha value is -2.37. The minimum atomic E-state index is -0.0900. The first-order valence-corrected chi connectivity index (χ1v) is 9.03. The summed E-state index contributed by atoms with van der Waals surface area (Å²) in [5.74, 6) is 0.646. The van der Waals surface area contributed by atoms with Crippen LogP contribution < -0.4 is 4.74 Å². The summed E-state index contributed by atoms with van der Waals surface area (Å²) in [5, 5.41) is 0. The van der Waals surface area contributed by atoms with E-state index in [1.807, 2.05) is 60.7 Å². The number of ether oxygens (including phenoxy) is 1. The van der Waals surface area contributed by atoms with Crippen molar-refractivity contribution < 1.29 is 9.53 Å². The summed E-state index contributed by atoms with van der Waals surface area (Å²) in [4.78, 5) is 14.6. The molecule has 1 saturated heterocycles. The van der Waals surface area contributed by atoms with Gasteiger partial charge in [0.15, 0.2) is 0 Å². The van der Waals surface area contributed by atoms with Crippen molar-refractivity contribution in [2.45, 2.75) is 6.61 Å². The quantitative estimate of drug-likeness (QED) is 0.422. The Bertz CT molecular complexity index is 831.